The number of fused-ring (bicyclic) bond motifs is 2. The molecule has 3 aromatic rings. The van der Waals surface area contributed by atoms with Crippen LogP contribution in [0.1, 0.15) is 37.8 Å². The molecule has 6 nitrogen and oxygen atoms in total. The number of hydrogen-bond acceptors (Lipinski definition) is 6. The van der Waals surface area contributed by atoms with Crippen molar-refractivity contribution in [2.75, 3.05) is 12.4 Å². The van der Waals surface area contributed by atoms with Gasteiger partial charge in [0, 0.05) is 16.0 Å². The van der Waals surface area contributed by atoms with E-state index in [2.05, 4.69) is 5.32 Å². The molecule has 0 radical (unpaired) electrons. The Morgan fingerprint density at radius 1 is 1.26 bits per heavy atom. The van der Waals surface area contributed by atoms with Crippen LogP contribution in [0.25, 0.3) is 11.0 Å². The van der Waals surface area contributed by atoms with Crippen LogP contribution in [0.15, 0.2) is 33.5 Å². The monoisotopic (exact) mass is 403 g/mol. The van der Waals surface area contributed by atoms with Crippen LogP contribution in [0.4, 0.5) is 5.00 Å². The number of amides is 1. The molecule has 2 heterocycles. The number of methoxy groups -OCH3 is 1. The molecule has 1 amide bonds. The van der Waals surface area contributed by atoms with E-state index in [1.165, 1.54) is 30.6 Å². The zero-order chi connectivity index (χ0) is 19.1. The minimum Gasteiger partial charge on any atom is -0.465 e. The number of anilines is 1. The highest BCUT2D eigenvalue weighted by Crippen LogP contribution is 2.39. The maximum atomic E-state index is 12.7. The van der Waals surface area contributed by atoms with Crippen LogP contribution in [0.3, 0.4) is 0 Å². The predicted molar refractivity (Wildman–Crippen MR) is 103 cm³/mol. The Morgan fingerprint density at radius 3 is 2.85 bits per heavy atom. The van der Waals surface area contributed by atoms with Gasteiger partial charge in [-0.05, 0) is 43.0 Å². The second-order valence-electron chi connectivity index (χ2n) is 6.12. The summed E-state index contributed by atoms with van der Waals surface area (Å²) in [7, 11) is 1.31. The van der Waals surface area contributed by atoms with E-state index >= 15 is 0 Å². The minimum absolute atomic E-state index is 0.140. The molecule has 1 N–H and O–H groups in total. The van der Waals surface area contributed by atoms with Gasteiger partial charge in [0.1, 0.15) is 10.6 Å². The molecule has 0 saturated heterocycles. The number of benzene rings is 1. The van der Waals surface area contributed by atoms with Crippen LogP contribution in [0.2, 0.25) is 5.02 Å². The van der Waals surface area contributed by atoms with Gasteiger partial charge in [-0.3, -0.25) is 9.59 Å². The van der Waals surface area contributed by atoms with E-state index in [1.54, 1.807) is 6.07 Å². The summed E-state index contributed by atoms with van der Waals surface area (Å²) in [4.78, 5) is 38.2. The summed E-state index contributed by atoms with van der Waals surface area (Å²) < 4.78 is 10.4. The molecule has 4 rings (SSSR count). The van der Waals surface area contributed by atoms with Crippen LogP contribution < -0.4 is 10.7 Å². The fraction of sp³-hybridized carbons (Fsp3) is 0.211. The van der Waals surface area contributed by atoms with E-state index in [9.17, 15) is 14.4 Å². The maximum Gasteiger partial charge on any atom is 0.341 e. The lowest BCUT2D eigenvalue weighted by molar-refractivity contribution is 0.0601. The Balaban J connectivity index is 1.71. The summed E-state index contributed by atoms with van der Waals surface area (Å²) in [6.45, 7) is 0. The van der Waals surface area contributed by atoms with Gasteiger partial charge in [0.2, 0.25) is 0 Å². The molecule has 138 valence electrons. The van der Waals surface area contributed by atoms with E-state index in [4.69, 9.17) is 20.8 Å². The number of carbonyl (C=O) groups excluding carboxylic acids is 2. The Morgan fingerprint density at radius 2 is 2.07 bits per heavy atom. The van der Waals surface area contributed by atoms with Crippen molar-refractivity contribution in [3.63, 3.8) is 0 Å². The fourth-order valence-corrected chi connectivity index (χ4v) is 4.66. The highest BCUT2D eigenvalue weighted by molar-refractivity contribution is 7.17. The number of rotatable bonds is 3. The van der Waals surface area contributed by atoms with Gasteiger partial charge < -0.3 is 14.5 Å². The van der Waals surface area contributed by atoms with Crippen molar-refractivity contribution >= 4 is 50.8 Å². The smallest absolute Gasteiger partial charge is 0.341 e. The van der Waals surface area contributed by atoms with Gasteiger partial charge in [-0.2, -0.15) is 0 Å². The van der Waals surface area contributed by atoms with Crippen molar-refractivity contribution in [1.82, 2.24) is 0 Å². The number of ether oxygens (including phenoxy) is 1. The molecular formula is C19H14ClNO5S. The molecule has 27 heavy (non-hydrogen) atoms. The minimum atomic E-state index is -0.603. The summed E-state index contributed by atoms with van der Waals surface area (Å²) >= 11 is 7.25. The topological polar surface area (TPSA) is 85.6 Å². The average Bonchev–Trinajstić information content (AvgIpc) is 3.22. The number of carbonyl (C=O) groups is 2. The summed E-state index contributed by atoms with van der Waals surface area (Å²) in [5, 5.41) is 3.81. The molecule has 0 spiro atoms. The molecule has 1 aromatic carbocycles. The van der Waals surface area contributed by atoms with Crippen molar-refractivity contribution in [2.45, 2.75) is 19.3 Å². The van der Waals surface area contributed by atoms with Crippen molar-refractivity contribution < 1.29 is 18.7 Å². The molecule has 2 aromatic heterocycles. The van der Waals surface area contributed by atoms with Crippen LogP contribution in [0, 0.1) is 0 Å². The highest BCUT2D eigenvalue weighted by Gasteiger charge is 2.28. The molecule has 0 saturated carbocycles. The van der Waals surface area contributed by atoms with Crippen molar-refractivity contribution in [2.24, 2.45) is 0 Å². The summed E-state index contributed by atoms with van der Waals surface area (Å²) in [6.07, 6.45) is 2.62. The highest BCUT2D eigenvalue weighted by atomic mass is 35.5. The zero-order valence-corrected chi connectivity index (χ0v) is 15.8. The quantitative estimate of drug-likeness (QED) is 0.667. The van der Waals surface area contributed by atoms with E-state index < -0.39 is 11.9 Å². The number of thiophene rings is 1. The lowest BCUT2D eigenvalue weighted by Crippen LogP contribution is -2.16. The van der Waals surface area contributed by atoms with E-state index in [-0.39, 0.29) is 16.8 Å². The van der Waals surface area contributed by atoms with Gasteiger partial charge in [0.05, 0.1) is 18.1 Å². The lowest BCUT2D eigenvalue weighted by atomic mass is 10.1. The van der Waals surface area contributed by atoms with Gasteiger partial charge in [0.15, 0.2) is 11.2 Å². The predicted octanol–water partition coefficient (Wildman–Crippen LogP) is 4.04. The van der Waals surface area contributed by atoms with Crippen LogP contribution in [0.5, 0.6) is 0 Å². The van der Waals surface area contributed by atoms with Gasteiger partial charge >= 0.3 is 5.97 Å². The molecule has 0 aliphatic heterocycles. The summed E-state index contributed by atoms with van der Waals surface area (Å²) in [5.74, 6) is -1.23. The number of hydrogen-bond donors (Lipinski definition) is 1. The Kier molecular flexibility index (Phi) is 4.49. The van der Waals surface area contributed by atoms with Gasteiger partial charge in [-0.15, -0.1) is 11.3 Å². The van der Waals surface area contributed by atoms with E-state index in [1.807, 2.05) is 0 Å². The van der Waals surface area contributed by atoms with Crippen LogP contribution in [-0.2, 0) is 17.6 Å². The van der Waals surface area contributed by atoms with Gasteiger partial charge in [-0.25, -0.2) is 4.79 Å². The first kappa shape index (κ1) is 17.8. The third-order valence-electron chi connectivity index (χ3n) is 4.45. The zero-order valence-electron chi connectivity index (χ0n) is 14.3. The molecule has 1 aliphatic carbocycles. The van der Waals surface area contributed by atoms with E-state index in [0.29, 0.717) is 21.0 Å². The van der Waals surface area contributed by atoms with Gasteiger partial charge in [0.25, 0.3) is 5.91 Å². The van der Waals surface area contributed by atoms with Crippen LogP contribution in [-0.4, -0.2) is 19.0 Å². The van der Waals surface area contributed by atoms with Gasteiger partial charge in [-0.1, -0.05) is 11.6 Å². The van der Waals surface area contributed by atoms with Crippen LogP contribution >= 0.6 is 22.9 Å². The second-order valence-corrected chi connectivity index (χ2v) is 7.66. The molecule has 8 heteroatoms. The van der Waals surface area contributed by atoms with Crippen molar-refractivity contribution in [1.29, 1.82) is 0 Å². The largest absolute Gasteiger partial charge is 0.465 e. The number of esters is 1. The first-order chi connectivity index (χ1) is 13.0. The summed E-state index contributed by atoms with van der Waals surface area (Å²) in [6, 6.07) is 5.72. The normalized spacial score (nSPS) is 12.8. The summed E-state index contributed by atoms with van der Waals surface area (Å²) in [5.41, 5.74) is 1.21. The molecule has 0 fully saturated rings. The molecule has 1 aliphatic rings. The molecular weight excluding hydrogens is 390 g/mol. The third-order valence-corrected chi connectivity index (χ3v) is 5.89. The Labute approximate surface area is 162 Å². The number of halogens is 1. The first-order valence-corrected chi connectivity index (χ1v) is 9.45. The first-order valence-electron chi connectivity index (χ1n) is 8.25. The van der Waals surface area contributed by atoms with E-state index in [0.717, 1.165) is 35.8 Å². The molecule has 0 unspecified atom stereocenters. The second kappa shape index (κ2) is 6.83. The maximum absolute atomic E-state index is 12.7. The van der Waals surface area contributed by atoms with Crippen molar-refractivity contribution in [3.8, 4) is 0 Å². The average molecular weight is 404 g/mol. The Hall–Kier alpha value is -2.64. The Bertz CT molecular complexity index is 1150. The number of aryl methyl sites for hydroxylation is 1. The fourth-order valence-electron chi connectivity index (χ4n) is 3.22. The lowest BCUT2D eigenvalue weighted by Gasteiger charge is -2.07. The standard InChI is InChI=1S/C19H14ClNO5S/c1-25-19(24)16-10-3-2-4-15(10)27-18(16)21-17(23)14-8-12(22)11-7-9(20)5-6-13(11)26-14/h5-8H,2-4H2,1H3,(H,21,23). The number of nitrogens with one attached hydrogen (secondary N) is 1. The SMILES string of the molecule is COC(=O)c1c(NC(=O)c2cc(=O)c3cc(Cl)ccc3o2)sc2c1CCC2. The van der Waals surface area contributed by atoms with Crippen molar-refractivity contribution in [3.05, 3.63) is 61.3 Å². The molecule has 0 atom stereocenters. The third kappa shape index (κ3) is 3.13. The molecule has 0 bridgehead atoms.